The first-order chi connectivity index (χ1) is 14.2. The number of hydrogen-bond donors (Lipinski definition) is 0. The van der Waals surface area contributed by atoms with E-state index >= 15 is 0 Å². The van der Waals surface area contributed by atoms with Crippen LogP contribution >= 0.6 is 0 Å². The predicted molar refractivity (Wildman–Crippen MR) is 140 cm³/mol. The summed E-state index contributed by atoms with van der Waals surface area (Å²) in [5, 5.41) is 0. The minimum atomic E-state index is 0.401. The summed E-state index contributed by atoms with van der Waals surface area (Å²) in [4.78, 5) is 0. The van der Waals surface area contributed by atoms with Gasteiger partial charge < -0.3 is 0 Å². The van der Waals surface area contributed by atoms with Gasteiger partial charge in [-0.15, -0.1) is 0 Å². The van der Waals surface area contributed by atoms with E-state index in [0.29, 0.717) is 10.8 Å². The Labute approximate surface area is 198 Å². The second-order valence-electron chi connectivity index (χ2n) is 13.8. The van der Waals surface area contributed by atoms with Crippen molar-refractivity contribution in [3.8, 4) is 0 Å². The zero-order chi connectivity index (χ0) is 24.0. The molecule has 0 bridgehead atoms. The first-order valence-corrected chi connectivity index (χ1v) is 14.2. The molecule has 0 aromatic rings. The zero-order valence-electron chi connectivity index (χ0n) is 24.0. The molecule has 0 saturated heterocycles. The summed E-state index contributed by atoms with van der Waals surface area (Å²) in [6.07, 6.45) is 4.04. The van der Waals surface area contributed by atoms with Crippen LogP contribution in [0.4, 0.5) is 0 Å². The van der Waals surface area contributed by atoms with Gasteiger partial charge in [0.15, 0.2) is 0 Å². The summed E-state index contributed by atoms with van der Waals surface area (Å²) in [7, 11) is 0. The van der Waals surface area contributed by atoms with E-state index in [1.807, 2.05) is 0 Å². The lowest BCUT2D eigenvalue weighted by Crippen LogP contribution is -2.52. The molecule has 2 aliphatic rings. The van der Waals surface area contributed by atoms with Crippen LogP contribution in [-0.4, -0.2) is 0 Å². The average Bonchev–Trinajstić information content (AvgIpc) is 3.03. The van der Waals surface area contributed by atoms with E-state index in [9.17, 15) is 0 Å². The normalized spacial score (nSPS) is 45.3. The molecule has 0 amide bonds. The number of rotatable bonds is 8. The van der Waals surface area contributed by atoms with Gasteiger partial charge in [0.1, 0.15) is 0 Å². The second-order valence-corrected chi connectivity index (χ2v) is 13.8. The van der Waals surface area contributed by atoms with E-state index in [-0.39, 0.29) is 0 Å². The Hall–Kier alpha value is 0. The van der Waals surface area contributed by atoms with Crippen molar-refractivity contribution in [3.05, 3.63) is 0 Å². The lowest BCUT2D eigenvalue weighted by Gasteiger charge is -2.58. The summed E-state index contributed by atoms with van der Waals surface area (Å²) in [5.41, 5.74) is 0.810. The third-order valence-electron chi connectivity index (χ3n) is 12.2. The molecule has 2 rings (SSSR count). The van der Waals surface area contributed by atoms with E-state index in [0.717, 1.165) is 71.0 Å². The maximum Gasteiger partial charge on any atom is -0.0236 e. The maximum absolute atomic E-state index is 2.76. The fourth-order valence-electron chi connectivity index (χ4n) is 10.9. The molecular weight excluding hydrogens is 372 g/mol. The first kappa shape index (κ1) is 27.2. The van der Waals surface area contributed by atoms with Gasteiger partial charge in [-0.2, -0.15) is 0 Å². The van der Waals surface area contributed by atoms with Crippen LogP contribution in [0.25, 0.3) is 0 Å². The van der Waals surface area contributed by atoms with Crippen molar-refractivity contribution in [2.75, 3.05) is 0 Å². The average molecular weight is 433 g/mol. The highest BCUT2D eigenvalue weighted by molar-refractivity contribution is 5.10. The highest BCUT2D eigenvalue weighted by Crippen LogP contribution is 2.68. The van der Waals surface area contributed by atoms with Crippen molar-refractivity contribution < 1.29 is 0 Å². The molecule has 12 atom stereocenters. The van der Waals surface area contributed by atoms with Crippen LogP contribution in [0.2, 0.25) is 0 Å². The van der Waals surface area contributed by atoms with E-state index in [1.54, 1.807) is 0 Å². The minimum absolute atomic E-state index is 0.401. The molecule has 2 saturated carbocycles. The smallest absolute Gasteiger partial charge is 0.0236 e. The van der Waals surface area contributed by atoms with E-state index in [1.165, 1.54) is 19.3 Å². The fraction of sp³-hybridized carbons (Fsp3) is 1.00. The van der Waals surface area contributed by atoms with Crippen LogP contribution in [0, 0.1) is 81.8 Å². The maximum atomic E-state index is 2.76. The summed E-state index contributed by atoms with van der Waals surface area (Å²) in [5.74, 6) is 10.0. The molecule has 2 fully saturated rings. The Morgan fingerprint density at radius 3 is 1.16 bits per heavy atom. The highest BCUT2D eigenvalue weighted by Gasteiger charge is 2.62. The monoisotopic (exact) mass is 432 g/mol. The van der Waals surface area contributed by atoms with E-state index in [4.69, 9.17) is 0 Å². The van der Waals surface area contributed by atoms with Gasteiger partial charge in [0, 0.05) is 0 Å². The van der Waals surface area contributed by atoms with Crippen LogP contribution in [0.5, 0.6) is 0 Å². The van der Waals surface area contributed by atoms with Crippen molar-refractivity contribution in [2.24, 2.45) is 81.8 Å². The molecule has 0 radical (unpaired) electrons. The van der Waals surface area contributed by atoms with Gasteiger partial charge in [-0.05, 0) is 94.7 Å². The van der Waals surface area contributed by atoms with Crippen molar-refractivity contribution in [1.82, 2.24) is 0 Å². The highest BCUT2D eigenvalue weighted by atomic mass is 14.7. The first-order valence-electron chi connectivity index (χ1n) is 14.2. The predicted octanol–water partition coefficient (Wildman–Crippen LogP) is 9.83. The van der Waals surface area contributed by atoms with Crippen LogP contribution < -0.4 is 0 Å². The van der Waals surface area contributed by atoms with E-state index in [2.05, 4.69) is 96.9 Å². The molecule has 0 N–H and O–H groups in total. The third-order valence-corrected chi connectivity index (χ3v) is 12.2. The van der Waals surface area contributed by atoms with Gasteiger partial charge in [-0.1, -0.05) is 103 Å². The molecule has 184 valence electrons. The number of hydrogen-bond acceptors (Lipinski definition) is 0. The van der Waals surface area contributed by atoms with Gasteiger partial charge in [-0.25, -0.2) is 0 Å². The van der Waals surface area contributed by atoms with Crippen LogP contribution in [-0.2, 0) is 0 Å². The topological polar surface area (TPSA) is 0 Å². The SMILES string of the molecule is CCCC(C)(C1C(C)C(C)C(C(C)C)C1C)C(C)(CC)C1C(C)C(C)C(C(C)C)C1C. The quantitative estimate of drug-likeness (QED) is 0.358. The van der Waals surface area contributed by atoms with Crippen molar-refractivity contribution in [1.29, 1.82) is 0 Å². The molecule has 0 aliphatic heterocycles. The van der Waals surface area contributed by atoms with Gasteiger partial charge >= 0.3 is 0 Å². The standard InChI is InChI=1S/C31H60/c1-15-17-31(14,29-23(10)21(8)27(19(5)6)25(29)12)30(13,16-2)28-22(9)20(7)26(18(3)4)24(28)11/h18-29H,15-17H2,1-14H3. The van der Waals surface area contributed by atoms with Crippen LogP contribution in [0.1, 0.15) is 116 Å². The second kappa shape index (κ2) is 9.70. The summed E-state index contributed by atoms with van der Waals surface area (Å²) < 4.78 is 0. The molecule has 0 aromatic heterocycles. The van der Waals surface area contributed by atoms with E-state index < -0.39 is 0 Å². The van der Waals surface area contributed by atoms with Gasteiger partial charge in [0.2, 0.25) is 0 Å². The molecule has 0 aromatic carbocycles. The lowest BCUT2D eigenvalue weighted by atomic mass is 9.46. The summed E-state index contributed by atoms with van der Waals surface area (Å²) in [6, 6.07) is 0. The Balaban J connectivity index is 2.61. The third kappa shape index (κ3) is 4.07. The van der Waals surface area contributed by atoms with Crippen LogP contribution in [0.3, 0.4) is 0 Å². The molecule has 0 nitrogen and oxygen atoms in total. The minimum Gasteiger partial charge on any atom is -0.0654 e. The fourth-order valence-corrected chi connectivity index (χ4v) is 10.9. The van der Waals surface area contributed by atoms with Crippen molar-refractivity contribution in [2.45, 2.75) is 116 Å². The molecular formula is C31H60. The van der Waals surface area contributed by atoms with Crippen molar-refractivity contribution in [3.63, 3.8) is 0 Å². The Bertz CT molecular complexity index is 575. The summed E-state index contributed by atoms with van der Waals surface area (Å²) in [6.45, 7) is 36.1. The van der Waals surface area contributed by atoms with Crippen LogP contribution in [0.15, 0.2) is 0 Å². The molecule has 12 unspecified atom stereocenters. The Morgan fingerprint density at radius 2 is 0.903 bits per heavy atom. The Morgan fingerprint density at radius 1 is 0.548 bits per heavy atom. The van der Waals surface area contributed by atoms with Crippen molar-refractivity contribution >= 4 is 0 Å². The molecule has 31 heavy (non-hydrogen) atoms. The molecule has 0 spiro atoms. The largest absolute Gasteiger partial charge is 0.0654 e. The molecule has 0 heterocycles. The summed E-state index contributed by atoms with van der Waals surface area (Å²) >= 11 is 0. The zero-order valence-corrected chi connectivity index (χ0v) is 24.0. The molecule has 0 heteroatoms. The molecule has 2 aliphatic carbocycles. The van der Waals surface area contributed by atoms with Gasteiger partial charge in [-0.3, -0.25) is 0 Å². The Kier molecular flexibility index (Phi) is 8.53. The van der Waals surface area contributed by atoms with Gasteiger partial charge in [0.05, 0.1) is 0 Å². The van der Waals surface area contributed by atoms with Gasteiger partial charge in [0.25, 0.3) is 0 Å². The lowest BCUT2D eigenvalue weighted by molar-refractivity contribution is -0.101.